The molecular weight excluding hydrogens is 146 g/mol. The second-order valence-corrected chi connectivity index (χ2v) is 2.27. The monoisotopic (exact) mass is 157 g/mol. The molecule has 0 aliphatic carbocycles. The fourth-order valence-corrected chi connectivity index (χ4v) is 0.715. The van der Waals surface area contributed by atoms with E-state index in [1.165, 1.54) is 0 Å². The maximum Gasteiger partial charge on any atom is 0.0991 e. The minimum Gasteiger partial charge on any atom is -0.192 e. The Balaban J connectivity index is 0.000000354. The van der Waals surface area contributed by atoms with Crippen molar-refractivity contribution < 1.29 is 0 Å². The summed E-state index contributed by atoms with van der Waals surface area (Å²) < 4.78 is 0. The van der Waals surface area contributed by atoms with Gasteiger partial charge in [-0.15, -0.1) is 12.3 Å². The molecule has 0 bridgehead atoms. The summed E-state index contributed by atoms with van der Waals surface area (Å²) >= 11 is 0. The van der Waals surface area contributed by atoms with E-state index in [2.05, 4.69) is 18.4 Å². The highest BCUT2D eigenvalue weighted by Crippen LogP contribution is 2.00. The molecule has 0 radical (unpaired) electrons. The highest BCUT2D eigenvalue weighted by Gasteiger charge is 1.86. The Hall–Kier alpha value is -1.73. The summed E-state index contributed by atoms with van der Waals surface area (Å²) in [5, 5.41) is 8.41. The molecule has 0 unspecified atom stereocenters. The number of aryl methyl sites for hydroxylation is 1. The first-order valence-corrected chi connectivity index (χ1v) is 3.58. The van der Waals surface area contributed by atoms with Gasteiger partial charge in [0.1, 0.15) is 0 Å². The van der Waals surface area contributed by atoms with Gasteiger partial charge in [0.15, 0.2) is 0 Å². The van der Waals surface area contributed by atoms with E-state index >= 15 is 0 Å². The maximum atomic E-state index is 8.41. The van der Waals surface area contributed by atoms with Crippen molar-refractivity contribution in [2.45, 2.75) is 13.8 Å². The zero-order chi connectivity index (χ0) is 9.40. The summed E-state index contributed by atoms with van der Waals surface area (Å²) in [5.41, 5.74) is 1.86. The van der Waals surface area contributed by atoms with Gasteiger partial charge in [0, 0.05) is 0 Å². The Morgan fingerprint density at radius 1 is 1.42 bits per heavy atom. The van der Waals surface area contributed by atoms with Crippen LogP contribution in [0.4, 0.5) is 0 Å². The summed E-state index contributed by atoms with van der Waals surface area (Å²) in [6.07, 6.45) is 4.60. The van der Waals surface area contributed by atoms with Crippen LogP contribution in [-0.4, -0.2) is 0 Å². The third kappa shape index (κ3) is 4.14. The van der Waals surface area contributed by atoms with Gasteiger partial charge in [-0.3, -0.25) is 0 Å². The van der Waals surface area contributed by atoms with Crippen molar-refractivity contribution in [3.8, 4) is 18.4 Å². The van der Waals surface area contributed by atoms with Crippen LogP contribution in [0.3, 0.4) is 0 Å². The minimum absolute atomic E-state index is 0.731. The summed E-state index contributed by atoms with van der Waals surface area (Å²) in [6.45, 7) is 3.63. The molecule has 0 saturated carbocycles. The zero-order valence-electron chi connectivity index (χ0n) is 7.33. The van der Waals surface area contributed by atoms with Gasteiger partial charge < -0.3 is 0 Å². The number of nitrogens with zero attached hydrogens (tertiary/aromatic N) is 1. The smallest absolute Gasteiger partial charge is 0.0991 e. The van der Waals surface area contributed by atoms with Gasteiger partial charge in [0.2, 0.25) is 0 Å². The average Bonchev–Trinajstić information content (AvgIpc) is 2.06. The van der Waals surface area contributed by atoms with Gasteiger partial charge in [-0.05, 0) is 31.5 Å². The van der Waals surface area contributed by atoms with E-state index < -0.39 is 0 Å². The lowest BCUT2D eigenvalue weighted by molar-refractivity contribution is 1.42. The topological polar surface area (TPSA) is 23.8 Å². The van der Waals surface area contributed by atoms with Crippen LogP contribution < -0.4 is 0 Å². The Morgan fingerprint density at radius 3 is 2.33 bits per heavy atom. The quantitative estimate of drug-likeness (QED) is 0.531. The van der Waals surface area contributed by atoms with Crippen LogP contribution in [0.5, 0.6) is 0 Å². The maximum absolute atomic E-state index is 8.41. The number of hydrogen-bond donors (Lipinski definition) is 0. The van der Waals surface area contributed by atoms with Crippen molar-refractivity contribution in [3.63, 3.8) is 0 Å². The van der Waals surface area contributed by atoms with Crippen molar-refractivity contribution in [3.05, 3.63) is 35.4 Å². The Kier molecular flexibility index (Phi) is 5.14. The Bertz CT molecular complexity index is 313. The number of benzene rings is 1. The molecule has 0 spiro atoms. The fourth-order valence-electron chi connectivity index (χ4n) is 0.715. The predicted molar refractivity (Wildman–Crippen MR) is 50.4 cm³/mol. The van der Waals surface area contributed by atoms with Crippen LogP contribution in [-0.2, 0) is 0 Å². The van der Waals surface area contributed by atoms with E-state index in [-0.39, 0.29) is 0 Å². The number of terminal acetylenes is 1. The van der Waals surface area contributed by atoms with Crippen molar-refractivity contribution >= 4 is 0 Å². The lowest BCUT2D eigenvalue weighted by atomic mass is 10.2. The Labute approximate surface area is 73.7 Å². The zero-order valence-corrected chi connectivity index (χ0v) is 7.33. The number of hydrogen-bond acceptors (Lipinski definition) is 1. The molecule has 0 saturated heterocycles. The van der Waals surface area contributed by atoms with Crippen LogP contribution >= 0.6 is 0 Å². The van der Waals surface area contributed by atoms with Gasteiger partial charge in [-0.2, -0.15) is 5.26 Å². The third-order valence-electron chi connectivity index (χ3n) is 1.15. The lowest BCUT2D eigenvalue weighted by Gasteiger charge is -1.88. The molecule has 0 N–H and O–H groups in total. The Morgan fingerprint density at radius 2 is 2.00 bits per heavy atom. The molecule has 1 nitrogen and oxygen atoms in total. The first kappa shape index (κ1) is 10.3. The number of nitriles is 1. The second kappa shape index (κ2) is 6.01. The standard InChI is InChI=1S/C8H7N.C3H4/c1-7-3-2-4-8(5-7)6-9;1-3-2/h2-5H,1H3;1H,2H3. The van der Waals surface area contributed by atoms with Gasteiger partial charge in [-0.1, -0.05) is 12.1 Å². The molecule has 0 aromatic heterocycles. The van der Waals surface area contributed by atoms with Gasteiger partial charge in [0.05, 0.1) is 11.6 Å². The second-order valence-electron chi connectivity index (χ2n) is 2.27. The van der Waals surface area contributed by atoms with Crippen molar-refractivity contribution in [1.82, 2.24) is 0 Å². The fraction of sp³-hybridized carbons (Fsp3) is 0.182. The largest absolute Gasteiger partial charge is 0.192 e. The predicted octanol–water partition coefficient (Wildman–Crippen LogP) is 2.51. The summed E-state index contributed by atoms with van der Waals surface area (Å²) in [4.78, 5) is 0. The summed E-state index contributed by atoms with van der Waals surface area (Å²) in [6, 6.07) is 9.58. The SMILES string of the molecule is C#CC.Cc1cccc(C#N)c1. The first-order chi connectivity index (χ1) is 5.74. The van der Waals surface area contributed by atoms with Crippen LogP contribution in [0.25, 0.3) is 0 Å². The van der Waals surface area contributed by atoms with Gasteiger partial charge in [-0.25, -0.2) is 0 Å². The van der Waals surface area contributed by atoms with E-state index in [9.17, 15) is 0 Å². The van der Waals surface area contributed by atoms with Crippen molar-refractivity contribution in [2.75, 3.05) is 0 Å². The average molecular weight is 157 g/mol. The normalized spacial score (nSPS) is 7.00. The molecule has 0 aliphatic heterocycles. The molecular formula is C11H11N. The molecule has 0 amide bonds. The molecule has 1 heteroatoms. The summed E-state index contributed by atoms with van der Waals surface area (Å²) in [5.74, 6) is 2.25. The highest BCUT2D eigenvalue weighted by atomic mass is 14.2. The van der Waals surface area contributed by atoms with Crippen molar-refractivity contribution in [1.29, 1.82) is 5.26 Å². The molecule has 1 aromatic rings. The molecule has 60 valence electrons. The molecule has 0 aliphatic rings. The highest BCUT2D eigenvalue weighted by molar-refractivity contribution is 5.31. The molecule has 0 heterocycles. The van der Waals surface area contributed by atoms with Crippen LogP contribution in [0.15, 0.2) is 24.3 Å². The van der Waals surface area contributed by atoms with Crippen LogP contribution in [0.2, 0.25) is 0 Å². The van der Waals surface area contributed by atoms with Gasteiger partial charge >= 0.3 is 0 Å². The van der Waals surface area contributed by atoms with E-state index in [4.69, 9.17) is 5.26 Å². The third-order valence-corrected chi connectivity index (χ3v) is 1.15. The molecule has 0 atom stereocenters. The lowest BCUT2D eigenvalue weighted by Crippen LogP contribution is -1.73. The van der Waals surface area contributed by atoms with Gasteiger partial charge in [0.25, 0.3) is 0 Å². The molecule has 1 aromatic carbocycles. The van der Waals surface area contributed by atoms with Crippen LogP contribution in [0.1, 0.15) is 18.1 Å². The first-order valence-electron chi connectivity index (χ1n) is 3.58. The molecule has 1 rings (SSSR count). The summed E-state index contributed by atoms with van der Waals surface area (Å²) in [7, 11) is 0. The number of rotatable bonds is 0. The van der Waals surface area contributed by atoms with E-state index in [0.29, 0.717) is 0 Å². The van der Waals surface area contributed by atoms with E-state index in [1.807, 2.05) is 25.1 Å². The van der Waals surface area contributed by atoms with E-state index in [1.54, 1.807) is 13.0 Å². The molecule has 0 fully saturated rings. The van der Waals surface area contributed by atoms with Crippen molar-refractivity contribution in [2.24, 2.45) is 0 Å². The van der Waals surface area contributed by atoms with E-state index in [0.717, 1.165) is 11.1 Å². The van der Waals surface area contributed by atoms with Crippen LogP contribution in [0, 0.1) is 30.6 Å². The molecule has 12 heavy (non-hydrogen) atoms. The minimum atomic E-state index is 0.731.